The zero-order chi connectivity index (χ0) is 13.7. The highest BCUT2D eigenvalue weighted by atomic mass is 16.5. The van der Waals surface area contributed by atoms with Crippen LogP contribution in [0.15, 0.2) is 24.3 Å². The van der Waals surface area contributed by atoms with Crippen molar-refractivity contribution in [3.05, 3.63) is 29.8 Å². The molecule has 0 bridgehead atoms. The molecule has 3 nitrogen and oxygen atoms in total. The minimum atomic E-state index is 0.313. The van der Waals surface area contributed by atoms with Crippen LogP contribution in [0.4, 0.5) is 0 Å². The Hall–Kier alpha value is -1.06. The molecule has 0 aliphatic carbocycles. The Morgan fingerprint density at radius 2 is 2.16 bits per heavy atom. The second-order valence-corrected chi connectivity index (χ2v) is 5.56. The van der Waals surface area contributed by atoms with Crippen molar-refractivity contribution in [2.24, 2.45) is 0 Å². The third-order valence-electron chi connectivity index (χ3n) is 3.94. The van der Waals surface area contributed by atoms with Gasteiger partial charge >= 0.3 is 0 Å². The summed E-state index contributed by atoms with van der Waals surface area (Å²) in [4.78, 5) is 0. The van der Waals surface area contributed by atoms with E-state index in [0.717, 1.165) is 5.75 Å². The van der Waals surface area contributed by atoms with Crippen molar-refractivity contribution >= 4 is 0 Å². The minimum Gasteiger partial charge on any atom is -0.496 e. The fourth-order valence-corrected chi connectivity index (χ4v) is 2.99. The van der Waals surface area contributed by atoms with E-state index in [1.165, 1.54) is 31.4 Å². The average molecular weight is 262 g/mol. The Labute approximate surface area is 116 Å². The fourth-order valence-electron chi connectivity index (χ4n) is 2.99. The van der Waals surface area contributed by atoms with Crippen LogP contribution in [0.25, 0.3) is 0 Å². The summed E-state index contributed by atoms with van der Waals surface area (Å²) in [7, 11) is 1.73. The number of benzene rings is 1. The predicted octanol–water partition coefficient (Wildman–Crippen LogP) is 2.88. The predicted molar refractivity (Wildman–Crippen MR) is 79.6 cm³/mol. The van der Waals surface area contributed by atoms with Crippen molar-refractivity contribution in [3.8, 4) is 5.75 Å². The summed E-state index contributed by atoms with van der Waals surface area (Å²) in [5.41, 5.74) is 1.23. The first-order chi connectivity index (χ1) is 9.20. The van der Waals surface area contributed by atoms with Crippen LogP contribution < -0.4 is 15.4 Å². The Balaban J connectivity index is 1.90. The standard InChI is InChI=1S/C16H26N2O/c1-12(11-14-7-6-10-17-14)18-13(2)15-8-4-5-9-16(15)19-3/h4-5,8-9,12-14,17-18H,6-7,10-11H2,1-3H3/t12?,13-,14?/m1/s1. The van der Waals surface area contributed by atoms with Gasteiger partial charge in [-0.05, 0) is 45.7 Å². The number of para-hydroxylation sites is 1. The van der Waals surface area contributed by atoms with Gasteiger partial charge < -0.3 is 15.4 Å². The van der Waals surface area contributed by atoms with E-state index in [9.17, 15) is 0 Å². The molecule has 1 aliphatic rings. The quantitative estimate of drug-likeness (QED) is 0.827. The third-order valence-corrected chi connectivity index (χ3v) is 3.94. The molecule has 2 rings (SSSR count). The molecule has 106 valence electrons. The van der Waals surface area contributed by atoms with Gasteiger partial charge in [0, 0.05) is 23.7 Å². The highest BCUT2D eigenvalue weighted by molar-refractivity contribution is 5.35. The van der Waals surface area contributed by atoms with Crippen molar-refractivity contribution in [2.45, 2.75) is 51.2 Å². The van der Waals surface area contributed by atoms with Crippen molar-refractivity contribution in [2.75, 3.05) is 13.7 Å². The molecule has 3 heteroatoms. The van der Waals surface area contributed by atoms with Gasteiger partial charge in [0.2, 0.25) is 0 Å². The van der Waals surface area contributed by atoms with E-state index in [1.807, 2.05) is 12.1 Å². The van der Waals surface area contributed by atoms with E-state index >= 15 is 0 Å². The average Bonchev–Trinajstić information content (AvgIpc) is 2.91. The van der Waals surface area contributed by atoms with Gasteiger partial charge in [0.25, 0.3) is 0 Å². The van der Waals surface area contributed by atoms with Gasteiger partial charge in [-0.2, -0.15) is 0 Å². The van der Waals surface area contributed by atoms with Crippen molar-refractivity contribution < 1.29 is 4.74 Å². The first-order valence-corrected chi connectivity index (χ1v) is 7.33. The summed E-state index contributed by atoms with van der Waals surface area (Å²) in [5, 5.41) is 7.24. The van der Waals surface area contributed by atoms with Gasteiger partial charge in [0.15, 0.2) is 0 Å². The maximum Gasteiger partial charge on any atom is 0.123 e. The third kappa shape index (κ3) is 3.95. The lowest BCUT2D eigenvalue weighted by Gasteiger charge is -2.24. The molecule has 3 atom stereocenters. The number of hydrogen-bond acceptors (Lipinski definition) is 3. The Morgan fingerprint density at radius 1 is 1.37 bits per heavy atom. The molecule has 1 saturated heterocycles. The largest absolute Gasteiger partial charge is 0.496 e. The molecule has 2 N–H and O–H groups in total. The SMILES string of the molecule is COc1ccccc1[C@@H](C)NC(C)CC1CCCN1. The number of methoxy groups -OCH3 is 1. The van der Waals surface area contributed by atoms with Crippen LogP contribution in [0, 0.1) is 0 Å². The van der Waals surface area contributed by atoms with Gasteiger partial charge in [-0.3, -0.25) is 0 Å². The maximum absolute atomic E-state index is 5.43. The van der Waals surface area contributed by atoms with E-state index in [1.54, 1.807) is 7.11 Å². The summed E-state index contributed by atoms with van der Waals surface area (Å²) in [6.07, 6.45) is 3.83. The zero-order valence-electron chi connectivity index (χ0n) is 12.3. The molecular weight excluding hydrogens is 236 g/mol. The number of hydrogen-bond donors (Lipinski definition) is 2. The summed E-state index contributed by atoms with van der Waals surface area (Å²) in [5.74, 6) is 0.966. The Kier molecular flexibility index (Phi) is 5.23. The second kappa shape index (κ2) is 6.92. The molecule has 1 aromatic rings. The van der Waals surface area contributed by atoms with Crippen LogP contribution in [-0.4, -0.2) is 25.7 Å². The molecule has 1 aliphatic heterocycles. The van der Waals surface area contributed by atoms with Crippen molar-refractivity contribution in [1.29, 1.82) is 0 Å². The zero-order valence-corrected chi connectivity index (χ0v) is 12.3. The van der Waals surface area contributed by atoms with Crippen LogP contribution in [-0.2, 0) is 0 Å². The van der Waals surface area contributed by atoms with Gasteiger partial charge in [0.1, 0.15) is 5.75 Å². The van der Waals surface area contributed by atoms with Gasteiger partial charge in [-0.25, -0.2) is 0 Å². The number of rotatable bonds is 6. The fraction of sp³-hybridized carbons (Fsp3) is 0.625. The summed E-state index contributed by atoms with van der Waals surface area (Å²) in [6.45, 7) is 5.65. The van der Waals surface area contributed by atoms with Crippen LogP contribution in [0.5, 0.6) is 5.75 Å². The van der Waals surface area contributed by atoms with E-state index < -0.39 is 0 Å². The topological polar surface area (TPSA) is 33.3 Å². The molecule has 0 amide bonds. The van der Waals surface area contributed by atoms with Crippen LogP contribution in [0.1, 0.15) is 44.7 Å². The Morgan fingerprint density at radius 3 is 2.84 bits per heavy atom. The van der Waals surface area contributed by atoms with Crippen molar-refractivity contribution in [3.63, 3.8) is 0 Å². The van der Waals surface area contributed by atoms with Crippen molar-refractivity contribution in [1.82, 2.24) is 10.6 Å². The van der Waals surface area contributed by atoms with E-state index in [2.05, 4.69) is 36.6 Å². The second-order valence-electron chi connectivity index (χ2n) is 5.56. The highest BCUT2D eigenvalue weighted by Crippen LogP contribution is 2.25. The van der Waals surface area contributed by atoms with Crippen LogP contribution in [0.3, 0.4) is 0 Å². The monoisotopic (exact) mass is 262 g/mol. The lowest BCUT2D eigenvalue weighted by molar-refractivity contribution is 0.381. The van der Waals surface area contributed by atoms with E-state index in [4.69, 9.17) is 4.74 Å². The number of ether oxygens (including phenoxy) is 1. The van der Waals surface area contributed by atoms with Gasteiger partial charge in [-0.15, -0.1) is 0 Å². The van der Waals surface area contributed by atoms with Gasteiger partial charge in [0.05, 0.1) is 7.11 Å². The summed E-state index contributed by atoms with van der Waals surface area (Å²) in [6, 6.07) is 9.75. The lowest BCUT2D eigenvalue weighted by atomic mass is 10.0. The van der Waals surface area contributed by atoms with E-state index in [0.29, 0.717) is 18.1 Å². The normalized spacial score (nSPS) is 22.2. The first-order valence-electron chi connectivity index (χ1n) is 7.33. The van der Waals surface area contributed by atoms with Gasteiger partial charge in [-0.1, -0.05) is 18.2 Å². The molecule has 1 fully saturated rings. The minimum absolute atomic E-state index is 0.313. The molecule has 0 radical (unpaired) electrons. The smallest absolute Gasteiger partial charge is 0.123 e. The lowest BCUT2D eigenvalue weighted by Crippen LogP contribution is -2.35. The molecule has 2 unspecified atom stereocenters. The summed E-state index contributed by atoms with van der Waals surface area (Å²) >= 11 is 0. The first kappa shape index (κ1) is 14.4. The molecule has 1 heterocycles. The molecule has 0 aromatic heterocycles. The molecule has 19 heavy (non-hydrogen) atoms. The Bertz CT molecular complexity index is 388. The number of nitrogens with one attached hydrogen (secondary N) is 2. The molecule has 1 aromatic carbocycles. The molecular formula is C16H26N2O. The van der Waals surface area contributed by atoms with E-state index in [-0.39, 0.29) is 0 Å². The van der Waals surface area contributed by atoms with Crippen LogP contribution >= 0.6 is 0 Å². The highest BCUT2D eigenvalue weighted by Gasteiger charge is 2.19. The molecule has 0 saturated carbocycles. The van der Waals surface area contributed by atoms with Crippen LogP contribution in [0.2, 0.25) is 0 Å². The molecule has 0 spiro atoms. The maximum atomic E-state index is 5.43. The summed E-state index contributed by atoms with van der Waals surface area (Å²) < 4.78 is 5.43.